The van der Waals surface area contributed by atoms with Gasteiger partial charge in [-0.3, -0.25) is 0 Å². The van der Waals surface area contributed by atoms with Gasteiger partial charge in [0.15, 0.2) is 0 Å². The molecule has 3 heteroatoms. The number of carboxylic acids is 1. The van der Waals surface area contributed by atoms with Gasteiger partial charge in [0.1, 0.15) is 5.69 Å². The number of aromatic nitrogens is 1. The minimum atomic E-state index is -0.850. The molecule has 1 heterocycles. The number of aromatic carboxylic acids is 1. The van der Waals surface area contributed by atoms with Crippen LogP contribution in [0.1, 0.15) is 48.3 Å². The fourth-order valence-corrected chi connectivity index (χ4v) is 2.50. The van der Waals surface area contributed by atoms with Crippen LogP contribution in [0.15, 0.2) is 18.2 Å². The number of carbonyl (C=O) groups is 1. The first kappa shape index (κ1) is 12.7. The summed E-state index contributed by atoms with van der Waals surface area (Å²) in [7, 11) is 0. The Labute approximate surface area is 107 Å². The highest BCUT2D eigenvalue weighted by Crippen LogP contribution is 2.29. The highest BCUT2D eigenvalue weighted by molar-refractivity contribution is 5.98. The first-order valence-electron chi connectivity index (χ1n) is 6.33. The Morgan fingerprint density at radius 3 is 2.56 bits per heavy atom. The summed E-state index contributed by atoms with van der Waals surface area (Å²) in [6, 6.07) is 6.24. The number of aryl methyl sites for hydroxylation is 2. The van der Waals surface area contributed by atoms with Crippen LogP contribution in [0.25, 0.3) is 10.9 Å². The highest BCUT2D eigenvalue weighted by atomic mass is 16.4. The van der Waals surface area contributed by atoms with E-state index >= 15 is 0 Å². The maximum absolute atomic E-state index is 11.4. The molecule has 0 saturated heterocycles. The quantitative estimate of drug-likeness (QED) is 0.893. The molecule has 0 aliphatic carbocycles. The van der Waals surface area contributed by atoms with Crippen LogP contribution in [0.5, 0.6) is 0 Å². The van der Waals surface area contributed by atoms with Gasteiger partial charge >= 0.3 is 5.97 Å². The maximum Gasteiger partial charge on any atom is 0.352 e. The van der Waals surface area contributed by atoms with E-state index in [1.165, 1.54) is 5.56 Å². The van der Waals surface area contributed by atoms with Gasteiger partial charge in [0, 0.05) is 17.4 Å². The third kappa shape index (κ3) is 1.80. The van der Waals surface area contributed by atoms with Gasteiger partial charge in [0.2, 0.25) is 0 Å². The van der Waals surface area contributed by atoms with Crippen molar-refractivity contribution >= 4 is 16.9 Å². The summed E-state index contributed by atoms with van der Waals surface area (Å²) in [6.07, 6.45) is 0. The van der Waals surface area contributed by atoms with Crippen LogP contribution in [0.3, 0.4) is 0 Å². The van der Waals surface area contributed by atoms with E-state index in [0.717, 1.165) is 16.5 Å². The van der Waals surface area contributed by atoms with E-state index < -0.39 is 5.97 Å². The Kier molecular flexibility index (Phi) is 3.16. The van der Waals surface area contributed by atoms with Crippen LogP contribution in [-0.2, 0) is 6.54 Å². The summed E-state index contributed by atoms with van der Waals surface area (Å²) in [5.74, 6) is -0.399. The second-order valence-electron chi connectivity index (χ2n) is 4.95. The summed E-state index contributed by atoms with van der Waals surface area (Å²) in [5, 5.41) is 10.4. The van der Waals surface area contributed by atoms with Crippen molar-refractivity contribution in [2.75, 3.05) is 0 Å². The van der Waals surface area contributed by atoms with Gasteiger partial charge in [0.25, 0.3) is 0 Å². The van der Waals surface area contributed by atoms with Crippen LogP contribution < -0.4 is 0 Å². The number of benzene rings is 1. The third-order valence-electron chi connectivity index (χ3n) is 3.53. The molecule has 0 spiro atoms. The molecule has 0 aliphatic rings. The molecule has 0 radical (unpaired) electrons. The van der Waals surface area contributed by atoms with Gasteiger partial charge in [-0.05, 0) is 43.0 Å². The normalized spacial score (nSPS) is 11.4. The Hall–Kier alpha value is -1.77. The Morgan fingerprint density at radius 1 is 1.39 bits per heavy atom. The fraction of sp³-hybridized carbons (Fsp3) is 0.400. The lowest BCUT2D eigenvalue weighted by Crippen LogP contribution is -2.08. The van der Waals surface area contributed by atoms with Gasteiger partial charge < -0.3 is 9.67 Å². The first-order valence-corrected chi connectivity index (χ1v) is 6.33. The topological polar surface area (TPSA) is 42.2 Å². The van der Waals surface area contributed by atoms with E-state index in [-0.39, 0.29) is 0 Å². The van der Waals surface area contributed by atoms with E-state index in [1.54, 1.807) is 0 Å². The molecule has 0 saturated carbocycles. The van der Waals surface area contributed by atoms with Crippen molar-refractivity contribution in [2.45, 2.75) is 40.2 Å². The third-order valence-corrected chi connectivity index (χ3v) is 3.53. The van der Waals surface area contributed by atoms with E-state index in [4.69, 9.17) is 0 Å². The number of rotatable bonds is 3. The number of carboxylic acid groups (broad SMARTS) is 1. The highest BCUT2D eigenvalue weighted by Gasteiger charge is 2.19. The van der Waals surface area contributed by atoms with Gasteiger partial charge in [0.05, 0.1) is 0 Å². The second-order valence-corrected chi connectivity index (χ2v) is 4.95. The zero-order valence-electron chi connectivity index (χ0n) is 11.3. The molecule has 0 atom stereocenters. The van der Waals surface area contributed by atoms with Crippen molar-refractivity contribution in [3.8, 4) is 0 Å². The van der Waals surface area contributed by atoms with Crippen LogP contribution in [-0.4, -0.2) is 15.6 Å². The standard InChI is InChI=1S/C15H19NO2/c1-5-16-13-7-6-11(9(2)3)8-12(13)10(4)14(16)15(17)18/h6-9H,5H2,1-4H3,(H,17,18). The average Bonchev–Trinajstić information content (AvgIpc) is 2.61. The Balaban J connectivity index is 2.81. The van der Waals surface area contributed by atoms with Crippen molar-refractivity contribution in [1.82, 2.24) is 4.57 Å². The summed E-state index contributed by atoms with van der Waals surface area (Å²) in [6.45, 7) is 8.83. The molecular weight excluding hydrogens is 226 g/mol. The number of nitrogens with zero attached hydrogens (tertiary/aromatic N) is 1. The molecule has 96 valence electrons. The predicted molar refractivity (Wildman–Crippen MR) is 73.4 cm³/mol. The van der Waals surface area contributed by atoms with Gasteiger partial charge in [-0.2, -0.15) is 0 Å². The van der Waals surface area contributed by atoms with E-state index in [2.05, 4.69) is 26.0 Å². The zero-order chi connectivity index (χ0) is 13.4. The van der Waals surface area contributed by atoms with Gasteiger partial charge in [-0.25, -0.2) is 4.79 Å². The first-order chi connectivity index (χ1) is 8.47. The van der Waals surface area contributed by atoms with Crippen molar-refractivity contribution in [2.24, 2.45) is 0 Å². The second kappa shape index (κ2) is 4.48. The lowest BCUT2D eigenvalue weighted by molar-refractivity contribution is 0.0685. The van der Waals surface area contributed by atoms with Crippen LogP contribution in [0, 0.1) is 6.92 Å². The molecule has 1 aromatic heterocycles. The molecule has 1 aromatic carbocycles. The van der Waals surface area contributed by atoms with Crippen LogP contribution in [0.4, 0.5) is 0 Å². The fourth-order valence-electron chi connectivity index (χ4n) is 2.50. The Morgan fingerprint density at radius 2 is 2.06 bits per heavy atom. The number of fused-ring (bicyclic) bond motifs is 1. The molecule has 0 fully saturated rings. The van der Waals surface area contributed by atoms with Crippen molar-refractivity contribution < 1.29 is 9.90 Å². The average molecular weight is 245 g/mol. The molecular formula is C15H19NO2. The summed E-state index contributed by atoms with van der Waals surface area (Å²) in [4.78, 5) is 11.4. The largest absolute Gasteiger partial charge is 0.477 e. The minimum Gasteiger partial charge on any atom is -0.477 e. The van der Waals surface area contributed by atoms with Crippen LogP contribution >= 0.6 is 0 Å². The lowest BCUT2D eigenvalue weighted by Gasteiger charge is -2.07. The molecule has 0 unspecified atom stereocenters. The predicted octanol–water partition coefficient (Wildman–Crippen LogP) is 3.79. The van der Waals surface area contributed by atoms with Crippen molar-refractivity contribution in [1.29, 1.82) is 0 Å². The molecule has 0 amide bonds. The molecule has 18 heavy (non-hydrogen) atoms. The zero-order valence-corrected chi connectivity index (χ0v) is 11.3. The maximum atomic E-state index is 11.4. The summed E-state index contributed by atoms with van der Waals surface area (Å²) >= 11 is 0. The summed E-state index contributed by atoms with van der Waals surface area (Å²) < 4.78 is 1.87. The monoisotopic (exact) mass is 245 g/mol. The minimum absolute atomic E-state index is 0.411. The smallest absolute Gasteiger partial charge is 0.352 e. The van der Waals surface area contributed by atoms with Crippen molar-refractivity contribution in [3.05, 3.63) is 35.0 Å². The molecule has 1 N–H and O–H groups in total. The number of hydrogen-bond donors (Lipinski definition) is 1. The molecule has 0 aliphatic heterocycles. The van der Waals surface area contributed by atoms with Gasteiger partial charge in [-0.15, -0.1) is 0 Å². The Bertz CT molecular complexity index is 608. The molecule has 0 bridgehead atoms. The van der Waals surface area contributed by atoms with E-state index in [0.29, 0.717) is 18.2 Å². The van der Waals surface area contributed by atoms with E-state index in [9.17, 15) is 9.90 Å². The number of hydrogen-bond acceptors (Lipinski definition) is 1. The molecule has 3 nitrogen and oxygen atoms in total. The lowest BCUT2D eigenvalue weighted by atomic mass is 10.0. The van der Waals surface area contributed by atoms with Crippen molar-refractivity contribution in [3.63, 3.8) is 0 Å². The molecule has 2 aromatic rings. The SMILES string of the molecule is CCn1c(C(=O)O)c(C)c2cc(C(C)C)ccc21. The molecule has 2 rings (SSSR count). The van der Waals surface area contributed by atoms with E-state index in [1.807, 2.05) is 24.5 Å². The summed E-state index contributed by atoms with van der Waals surface area (Å²) in [5.41, 5.74) is 3.53. The van der Waals surface area contributed by atoms with Gasteiger partial charge in [-0.1, -0.05) is 19.9 Å². The van der Waals surface area contributed by atoms with Crippen LogP contribution in [0.2, 0.25) is 0 Å².